The summed E-state index contributed by atoms with van der Waals surface area (Å²) in [5, 5.41) is 13.1. The average Bonchev–Trinajstić information content (AvgIpc) is 2.66. The molecule has 17 heavy (non-hydrogen) atoms. The van der Waals surface area contributed by atoms with E-state index in [2.05, 4.69) is 5.10 Å². The van der Waals surface area contributed by atoms with Crippen LogP contribution in [0.1, 0.15) is 21.6 Å². The Bertz CT molecular complexity index is 563. The number of hydrogen-bond acceptors (Lipinski definition) is 2. The van der Waals surface area contributed by atoms with E-state index in [0.717, 1.165) is 11.8 Å². The summed E-state index contributed by atoms with van der Waals surface area (Å²) in [4.78, 5) is 11.0. The van der Waals surface area contributed by atoms with E-state index in [9.17, 15) is 9.18 Å². The van der Waals surface area contributed by atoms with Crippen molar-refractivity contribution in [1.29, 1.82) is 0 Å². The molecule has 0 bridgehead atoms. The molecule has 0 aliphatic carbocycles. The second-order valence-corrected chi connectivity index (χ2v) is 3.76. The lowest BCUT2D eigenvalue weighted by atomic mass is 10.1. The molecule has 0 aliphatic heterocycles. The standard InChI is InChI=1S/C12H11FN2O2/c1-8-4-5-15(14-8)7-9-2-3-10(13)6-11(9)12(16)17/h2-6H,7H2,1H3,(H,16,17). The Kier molecular flexibility index (Phi) is 2.91. The molecule has 1 aromatic heterocycles. The van der Waals surface area contributed by atoms with Crippen molar-refractivity contribution < 1.29 is 14.3 Å². The minimum absolute atomic E-state index is 0.0295. The number of halogens is 1. The predicted molar refractivity (Wildman–Crippen MR) is 59.4 cm³/mol. The van der Waals surface area contributed by atoms with Crippen LogP contribution in [-0.4, -0.2) is 20.9 Å². The third kappa shape index (κ3) is 2.50. The fourth-order valence-electron chi connectivity index (χ4n) is 1.61. The summed E-state index contributed by atoms with van der Waals surface area (Å²) in [6.45, 7) is 2.16. The third-order valence-electron chi connectivity index (χ3n) is 2.41. The second-order valence-electron chi connectivity index (χ2n) is 3.76. The molecule has 0 saturated carbocycles. The molecule has 0 amide bonds. The van der Waals surface area contributed by atoms with E-state index in [1.54, 1.807) is 10.9 Å². The van der Waals surface area contributed by atoms with Crippen LogP contribution in [0.2, 0.25) is 0 Å². The van der Waals surface area contributed by atoms with Gasteiger partial charge in [0, 0.05) is 6.20 Å². The number of aryl methyl sites for hydroxylation is 1. The van der Waals surface area contributed by atoms with E-state index < -0.39 is 11.8 Å². The predicted octanol–water partition coefficient (Wildman–Crippen LogP) is 2.08. The first-order valence-corrected chi connectivity index (χ1v) is 5.08. The molecule has 0 radical (unpaired) electrons. The van der Waals surface area contributed by atoms with Gasteiger partial charge in [-0.2, -0.15) is 5.10 Å². The summed E-state index contributed by atoms with van der Waals surface area (Å²) in [6, 6.07) is 5.56. The monoisotopic (exact) mass is 234 g/mol. The van der Waals surface area contributed by atoms with Gasteiger partial charge in [0.05, 0.1) is 17.8 Å². The summed E-state index contributed by atoms with van der Waals surface area (Å²) in [7, 11) is 0. The first-order chi connectivity index (χ1) is 8.06. The number of carboxylic acids is 1. The zero-order valence-electron chi connectivity index (χ0n) is 9.22. The third-order valence-corrected chi connectivity index (χ3v) is 2.41. The number of rotatable bonds is 3. The number of carboxylic acid groups (broad SMARTS) is 1. The van der Waals surface area contributed by atoms with E-state index in [-0.39, 0.29) is 5.56 Å². The van der Waals surface area contributed by atoms with Gasteiger partial charge in [-0.25, -0.2) is 9.18 Å². The second kappa shape index (κ2) is 4.37. The Morgan fingerprint density at radius 3 is 2.82 bits per heavy atom. The Labute approximate surface area is 97.3 Å². The van der Waals surface area contributed by atoms with Crippen LogP contribution in [0.3, 0.4) is 0 Å². The minimum atomic E-state index is -1.14. The van der Waals surface area contributed by atoms with Crippen molar-refractivity contribution in [3.63, 3.8) is 0 Å². The summed E-state index contributed by atoms with van der Waals surface area (Å²) in [5.41, 5.74) is 1.35. The highest BCUT2D eigenvalue weighted by atomic mass is 19.1. The molecule has 88 valence electrons. The first-order valence-electron chi connectivity index (χ1n) is 5.08. The van der Waals surface area contributed by atoms with Crippen molar-refractivity contribution in [3.05, 3.63) is 53.1 Å². The van der Waals surface area contributed by atoms with Gasteiger partial charge in [-0.05, 0) is 30.7 Å². The van der Waals surface area contributed by atoms with Gasteiger partial charge in [-0.15, -0.1) is 0 Å². The number of aromatic carboxylic acids is 1. The molecule has 0 unspecified atom stereocenters. The summed E-state index contributed by atoms with van der Waals surface area (Å²) in [5.74, 6) is -1.69. The van der Waals surface area contributed by atoms with Crippen LogP contribution in [0, 0.1) is 12.7 Å². The lowest BCUT2D eigenvalue weighted by Crippen LogP contribution is -2.08. The zero-order valence-corrected chi connectivity index (χ0v) is 9.22. The van der Waals surface area contributed by atoms with Crippen LogP contribution in [0.4, 0.5) is 4.39 Å². The maximum absolute atomic E-state index is 13.0. The lowest BCUT2D eigenvalue weighted by Gasteiger charge is -2.06. The molecule has 1 aromatic carbocycles. The number of benzene rings is 1. The smallest absolute Gasteiger partial charge is 0.336 e. The van der Waals surface area contributed by atoms with Gasteiger partial charge in [0.2, 0.25) is 0 Å². The van der Waals surface area contributed by atoms with Gasteiger partial charge in [-0.3, -0.25) is 4.68 Å². The summed E-state index contributed by atoms with van der Waals surface area (Å²) >= 11 is 0. The van der Waals surface area contributed by atoms with Gasteiger partial charge in [0.25, 0.3) is 0 Å². The first kappa shape index (κ1) is 11.3. The number of hydrogen-bond donors (Lipinski definition) is 1. The fourth-order valence-corrected chi connectivity index (χ4v) is 1.61. The molecule has 2 aromatic rings. The molecule has 0 aliphatic rings. The van der Waals surface area contributed by atoms with Gasteiger partial charge in [-0.1, -0.05) is 6.07 Å². The SMILES string of the molecule is Cc1ccn(Cc2ccc(F)cc2C(=O)O)n1. The molecule has 1 N–H and O–H groups in total. The van der Waals surface area contributed by atoms with E-state index in [4.69, 9.17) is 5.11 Å². The molecular weight excluding hydrogens is 223 g/mol. The number of nitrogens with zero attached hydrogens (tertiary/aromatic N) is 2. The Hall–Kier alpha value is -2.17. The quantitative estimate of drug-likeness (QED) is 0.884. The van der Waals surface area contributed by atoms with Crippen molar-refractivity contribution >= 4 is 5.97 Å². The normalized spacial score (nSPS) is 10.5. The molecule has 0 fully saturated rings. The van der Waals surface area contributed by atoms with E-state index in [1.807, 2.05) is 13.0 Å². The molecule has 5 heteroatoms. The van der Waals surface area contributed by atoms with Crippen LogP contribution in [0.5, 0.6) is 0 Å². The largest absolute Gasteiger partial charge is 0.478 e. The highest BCUT2D eigenvalue weighted by molar-refractivity contribution is 5.89. The van der Waals surface area contributed by atoms with Crippen molar-refractivity contribution in [1.82, 2.24) is 9.78 Å². The van der Waals surface area contributed by atoms with Gasteiger partial charge in [0.15, 0.2) is 0 Å². The maximum atomic E-state index is 13.0. The van der Waals surface area contributed by atoms with E-state index in [0.29, 0.717) is 12.1 Å². The minimum Gasteiger partial charge on any atom is -0.478 e. The van der Waals surface area contributed by atoms with Crippen molar-refractivity contribution in [2.75, 3.05) is 0 Å². The molecule has 1 heterocycles. The molecule has 4 nitrogen and oxygen atoms in total. The number of carbonyl (C=O) groups is 1. The van der Waals surface area contributed by atoms with Crippen LogP contribution in [-0.2, 0) is 6.54 Å². The molecule has 0 atom stereocenters. The average molecular weight is 234 g/mol. The van der Waals surface area contributed by atoms with Gasteiger partial charge in [0.1, 0.15) is 5.82 Å². The Morgan fingerprint density at radius 1 is 1.47 bits per heavy atom. The van der Waals surface area contributed by atoms with Crippen LogP contribution in [0.25, 0.3) is 0 Å². The number of aromatic nitrogens is 2. The van der Waals surface area contributed by atoms with Crippen molar-refractivity contribution in [2.45, 2.75) is 13.5 Å². The topological polar surface area (TPSA) is 55.1 Å². The van der Waals surface area contributed by atoms with E-state index in [1.165, 1.54) is 12.1 Å². The molecule has 2 rings (SSSR count). The van der Waals surface area contributed by atoms with Crippen LogP contribution < -0.4 is 0 Å². The van der Waals surface area contributed by atoms with Crippen LogP contribution >= 0.6 is 0 Å². The lowest BCUT2D eigenvalue weighted by molar-refractivity contribution is 0.0695. The molecular formula is C12H11FN2O2. The highest BCUT2D eigenvalue weighted by Crippen LogP contribution is 2.13. The maximum Gasteiger partial charge on any atom is 0.336 e. The molecule has 0 spiro atoms. The van der Waals surface area contributed by atoms with Crippen molar-refractivity contribution in [2.24, 2.45) is 0 Å². The Balaban J connectivity index is 2.35. The molecule has 0 saturated heterocycles. The summed E-state index contributed by atoms with van der Waals surface area (Å²) in [6.07, 6.45) is 1.75. The highest BCUT2D eigenvalue weighted by Gasteiger charge is 2.11. The van der Waals surface area contributed by atoms with Crippen LogP contribution in [0.15, 0.2) is 30.5 Å². The van der Waals surface area contributed by atoms with E-state index >= 15 is 0 Å². The Morgan fingerprint density at radius 2 is 2.24 bits per heavy atom. The fraction of sp³-hybridized carbons (Fsp3) is 0.167. The van der Waals surface area contributed by atoms with Crippen molar-refractivity contribution in [3.8, 4) is 0 Å². The van der Waals surface area contributed by atoms with Gasteiger partial charge >= 0.3 is 5.97 Å². The van der Waals surface area contributed by atoms with Gasteiger partial charge < -0.3 is 5.11 Å². The zero-order chi connectivity index (χ0) is 12.4. The summed E-state index contributed by atoms with van der Waals surface area (Å²) < 4.78 is 14.6.